The zero-order valence-corrected chi connectivity index (χ0v) is 12.8. The Morgan fingerprint density at radius 2 is 1.55 bits per heavy atom. The zero-order chi connectivity index (χ0) is 15.7. The smallest absolute Gasteiger partial charge is 0.175 e. The Kier molecular flexibility index (Phi) is 3.50. The van der Waals surface area contributed by atoms with E-state index in [9.17, 15) is 13.5 Å². The van der Waals surface area contributed by atoms with Gasteiger partial charge in [-0.25, -0.2) is 8.42 Å². The van der Waals surface area contributed by atoms with Crippen LogP contribution in [0.15, 0.2) is 71.8 Å². The third-order valence-electron chi connectivity index (χ3n) is 3.45. The van der Waals surface area contributed by atoms with E-state index in [0.717, 1.165) is 16.9 Å². The van der Waals surface area contributed by atoms with E-state index in [1.807, 2.05) is 35.0 Å². The molecule has 1 heterocycles. The van der Waals surface area contributed by atoms with Crippen LogP contribution in [0, 0.1) is 0 Å². The first-order valence-corrected chi connectivity index (χ1v) is 8.61. The summed E-state index contributed by atoms with van der Waals surface area (Å²) in [6, 6.07) is 17.6. The van der Waals surface area contributed by atoms with Crippen molar-refractivity contribution in [3.63, 3.8) is 0 Å². The number of aromatic nitrogens is 1. The van der Waals surface area contributed by atoms with Gasteiger partial charge in [0.1, 0.15) is 5.75 Å². The summed E-state index contributed by atoms with van der Waals surface area (Å²) in [5.74, 6) is 0.218. The van der Waals surface area contributed by atoms with Crippen molar-refractivity contribution in [2.24, 2.45) is 0 Å². The predicted molar refractivity (Wildman–Crippen MR) is 86.0 cm³/mol. The highest BCUT2D eigenvalue weighted by molar-refractivity contribution is 7.90. The lowest BCUT2D eigenvalue weighted by Gasteiger charge is -2.10. The zero-order valence-electron chi connectivity index (χ0n) is 12.0. The second-order valence-electron chi connectivity index (χ2n) is 5.08. The summed E-state index contributed by atoms with van der Waals surface area (Å²) in [6.07, 6.45) is 3.12. The topological polar surface area (TPSA) is 59.3 Å². The Morgan fingerprint density at radius 3 is 2.14 bits per heavy atom. The monoisotopic (exact) mass is 313 g/mol. The third kappa shape index (κ3) is 2.76. The lowest BCUT2D eigenvalue weighted by atomic mass is 10.1. The summed E-state index contributed by atoms with van der Waals surface area (Å²) in [4.78, 5) is 0.305. The molecule has 0 aliphatic carbocycles. The fraction of sp³-hybridized carbons (Fsp3) is 0.0588. The summed E-state index contributed by atoms with van der Waals surface area (Å²) < 4.78 is 25.0. The van der Waals surface area contributed by atoms with Gasteiger partial charge in [-0.15, -0.1) is 0 Å². The van der Waals surface area contributed by atoms with Crippen LogP contribution < -0.4 is 0 Å². The molecule has 112 valence electrons. The summed E-state index contributed by atoms with van der Waals surface area (Å²) >= 11 is 0. The molecule has 3 aromatic rings. The largest absolute Gasteiger partial charge is 0.508 e. The van der Waals surface area contributed by atoms with Crippen LogP contribution in [0.1, 0.15) is 0 Å². The van der Waals surface area contributed by atoms with E-state index in [2.05, 4.69) is 0 Å². The molecule has 1 aromatic heterocycles. The molecule has 0 radical (unpaired) electrons. The van der Waals surface area contributed by atoms with E-state index in [1.165, 1.54) is 6.26 Å². The van der Waals surface area contributed by atoms with Gasteiger partial charge in [-0.1, -0.05) is 12.1 Å². The Labute approximate surface area is 129 Å². The van der Waals surface area contributed by atoms with Gasteiger partial charge in [-0.3, -0.25) is 0 Å². The second kappa shape index (κ2) is 5.35. The first-order valence-electron chi connectivity index (χ1n) is 6.72. The van der Waals surface area contributed by atoms with E-state index in [1.54, 1.807) is 36.4 Å². The Balaban J connectivity index is 2.03. The number of phenolic OH excluding ortho intramolecular Hbond substituents is 1. The van der Waals surface area contributed by atoms with Gasteiger partial charge in [-0.2, -0.15) is 0 Å². The van der Waals surface area contributed by atoms with Crippen molar-refractivity contribution in [2.75, 3.05) is 6.26 Å². The summed E-state index contributed by atoms with van der Waals surface area (Å²) in [7, 11) is -3.19. The predicted octanol–water partition coefficient (Wildman–Crippen LogP) is 3.25. The molecule has 0 fully saturated rings. The van der Waals surface area contributed by atoms with Gasteiger partial charge >= 0.3 is 0 Å². The molecule has 0 aliphatic heterocycles. The maximum atomic E-state index is 11.5. The van der Waals surface area contributed by atoms with Crippen LogP contribution in [-0.4, -0.2) is 24.3 Å². The molecule has 0 unspecified atom stereocenters. The molecule has 1 N–H and O–H groups in total. The van der Waals surface area contributed by atoms with Crippen LogP contribution in [0.4, 0.5) is 0 Å². The maximum Gasteiger partial charge on any atom is 0.175 e. The Morgan fingerprint density at radius 1 is 0.909 bits per heavy atom. The quantitative estimate of drug-likeness (QED) is 0.807. The third-order valence-corrected chi connectivity index (χ3v) is 4.58. The number of benzene rings is 2. The maximum absolute atomic E-state index is 11.5. The summed E-state index contributed by atoms with van der Waals surface area (Å²) in [6.45, 7) is 0. The molecule has 0 spiro atoms. The molecule has 0 saturated heterocycles. The van der Waals surface area contributed by atoms with Crippen LogP contribution in [0.3, 0.4) is 0 Å². The Bertz CT molecular complexity index is 892. The number of aromatic hydroxyl groups is 1. The highest BCUT2D eigenvalue weighted by Crippen LogP contribution is 2.25. The fourth-order valence-electron chi connectivity index (χ4n) is 2.33. The number of sulfone groups is 1. The van der Waals surface area contributed by atoms with Crippen LogP contribution in [0.2, 0.25) is 0 Å². The molecule has 0 saturated carbocycles. The molecule has 4 nitrogen and oxygen atoms in total. The standard InChI is InChI=1S/C17H15NO3S/c1-22(20,21)16-10-4-13(5-11-16)17-3-2-12-18(17)14-6-8-15(19)9-7-14/h2-12,19H,1H3. The number of nitrogens with zero attached hydrogens (tertiary/aromatic N) is 1. The van der Waals surface area contributed by atoms with Crippen molar-refractivity contribution < 1.29 is 13.5 Å². The second-order valence-corrected chi connectivity index (χ2v) is 7.09. The van der Waals surface area contributed by atoms with E-state index < -0.39 is 9.84 Å². The molecular weight excluding hydrogens is 298 g/mol. The first kappa shape index (κ1) is 14.4. The molecule has 3 rings (SSSR count). The van der Waals surface area contributed by atoms with Crippen molar-refractivity contribution in [1.82, 2.24) is 4.57 Å². The fourth-order valence-corrected chi connectivity index (χ4v) is 2.96. The number of phenols is 1. The number of hydrogen-bond acceptors (Lipinski definition) is 3. The van der Waals surface area contributed by atoms with Crippen molar-refractivity contribution >= 4 is 9.84 Å². The van der Waals surface area contributed by atoms with Gasteiger partial charge in [0.25, 0.3) is 0 Å². The van der Waals surface area contributed by atoms with Gasteiger partial charge in [0.2, 0.25) is 0 Å². The molecule has 5 heteroatoms. The number of hydrogen-bond donors (Lipinski definition) is 1. The molecule has 0 bridgehead atoms. The van der Waals surface area contributed by atoms with Gasteiger partial charge in [0, 0.05) is 18.1 Å². The van der Waals surface area contributed by atoms with Crippen LogP contribution in [0.25, 0.3) is 16.9 Å². The average molecular weight is 313 g/mol. The summed E-state index contributed by atoms with van der Waals surface area (Å²) in [5, 5.41) is 9.38. The molecule has 22 heavy (non-hydrogen) atoms. The minimum absolute atomic E-state index is 0.218. The van der Waals surface area contributed by atoms with Gasteiger partial charge < -0.3 is 9.67 Å². The minimum Gasteiger partial charge on any atom is -0.508 e. The molecular formula is C17H15NO3S. The SMILES string of the molecule is CS(=O)(=O)c1ccc(-c2cccn2-c2ccc(O)cc2)cc1. The lowest BCUT2D eigenvalue weighted by molar-refractivity contribution is 0.475. The van der Waals surface area contributed by atoms with Gasteiger partial charge in [0.15, 0.2) is 9.84 Å². The molecule has 0 atom stereocenters. The van der Waals surface area contributed by atoms with Gasteiger partial charge in [-0.05, 0) is 54.1 Å². The van der Waals surface area contributed by atoms with E-state index >= 15 is 0 Å². The summed E-state index contributed by atoms with van der Waals surface area (Å²) in [5.41, 5.74) is 2.79. The molecule has 2 aromatic carbocycles. The van der Waals surface area contributed by atoms with E-state index in [-0.39, 0.29) is 5.75 Å². The number of rotatable bonds is 3. The van der Waals surface area contributed by atoms with Crippen molar-refractivity contribution in [2.45, 2.75) is 4.90 Å². The average Bonchev–Trinajstić information content (AvgIpc) is 2.97. The van der Waals surface area contributed by atoms with Crippen molar-refractivity contribution in [3.8, 4) is 22.7 Å². The lowest BCUT2D eigenvalue weighted by Crippen LogP contribution is -1.98. The molecule has 0 aliphatic rings. The highest BCUT2D eigenvalue weighted by atomic mass is 32.2. The van der Waals surface area contributed by atoms with Gasteiger partial charge in [0.05, 0.1) is 10.6 Å². The van der Waals surface area contributed by atoms with Crippen LogP contribution in [0.5, 0.6) is 5.75 Å². The van der Waals surface area contributed by atoms with Crippen LogP contribution >= 0.6 is 0 Å². The Hall–Kier alpha value is -2.53. The van der Waals surface area contributed by atoms with Crippen molar-refractivity contribution in [1.29, 1.82) is 0 Å². The van der Waals surface area contributed by atoms with Crippen LogP contribution in [-0.2, 0) is 9.84 Å². The molecule has 0 amide bonds. The van der Waals surface area contributed by atoms with Crippen molar-refractivity contribution in [3.05, 3.63) is 66.9 Å². The van der Waals surface area contributed by atoms with E-state index in [4.69, 9.17) is 0 Å². The van der Waals surface area contributed by atoms with E-state index in [0.29, 0.717) is 4.90 Å². The first-order chi connectivity index (χ1) is 10.4. The highest BCUT2D eigenvalue weighted by Gasteiger charge is 2.09. The normalized spacial score (nSPS) is 11.5. The minimum atomic E-state index is -3.19.